The summed E-state index contributed by atoms with van der Waals surface area (Å²) >= 11 is 7.60. The fourth-order valence-corrected chi connectivity index (χ4v) is 3.07. The van der Waals surface area contributed by atoms with Crippen molar-refractivity contribution in [1.82, 2.24) is 0 Å². The topological polar surface area (TPSA) is 33.5 Å². The molecule has 6 heteroatoms. The van der Waals surface area contributed by atoms with E-state index in [-0.39, 0.29) is 18.3 Å². The van der Waals surface area contributed by atoms with Crippen LogP contribution in [-0.2, 0) is 11.3 Å². The first-order valence-electron chi connectivity index (χ1n) is 7.18. The summed E-state index contributed by atoms with van der Waals surface area (Å²) in [6.07, 6.45) is 1.96. The quantitative estimate of drug-likeness (QED) is 0.783. The second kappa shape index (κ2) is 8.34. The lowest BCUT2D eigenvalue weighted by Gasteiger charge is -2.16. The fraction of sp³-hybridized carbons (Fsp3) is 0.235. The second-order valence-corrected chi connectivity index (χ2v) is 6.51. The van der Waals surface area contributed by atoms with Crippen LogP contribution in [0.2, 0.25) is 5.02 Å². The zero-order chi connectivity index (χ0) is 16.8. The third-order valence-electron chi connectivity index (χ3n) is 3.38. The Morgan fingerprint density at radius 2 is 2.00 bits per heavy atom. The average Bonchev–Trinajstić information content (AvgIpc) is 2.51. The molecule has 0 heterocycles. The molecule has 122 valence electrons. The van der Waals surface area contributed by atoms with Crippen molar-refractivity contribution >= 4 is 35.0 Å². The molecule has 2 aromatic rings. The summed E-state index contributed by atoms with van der Waals surface area (Å²) in [5, 5.41) is 3.29. The molecule has 0 spiro atoms. The molecule has 0 aliphatic rings. The van der Waals surface area contributed by atoms with E-state index in [9.17, 15) is 9.18 Å². The molecule has 0 fully saturated rings. The molecule has 0 bridgehead atoms. The first-order valence-corrected chi connectivity index (χ1v) is 8.78. The van der Waals surface area contributed by atoms with E-state index >= 15 is 0 Å². The highest BCUT2D eigenvalue weighted by Crippen LogP contribution is 2.24. The zero-order valence-corrected chi connectivity index (χ0v) is 14.6. The zero-order valence-electron chi connectivity index (χ0n) is 13.0. The van der Waals surface area contributed by atoms with Crippen LogP contribution < -0.4 is 10.2 Å². The van der Waals surface area contributed by atoms with Crippen LogP contribution in [0.3, 0.4) is 0 Å². The number of halogens is 2. The van der Waals surface area contributed by atoms with Crippen molar-refractivity contribution in [2.75, 3.05) is 25.2 Å². The molecule has 2 aromatic carbocycles. The number of nitrogens with one attached hydrogen (secondary N) is 2. The van der Waals surface area contributed by atoms with Gasteiger partial charge in [0.25, 0.3) is 5.91 Å². The van der Waals surface area contributed by atoms with Gasteiger partial charge in [-0.15, -0.1) is 11.8 Å². The first kappa shape index (κ1) is 17.8. The number of amides is 1. The molecule has 0 aliphatic carbocycles. The molecule has 3 nitrogen and oxygen atoms in total. The molecular weight excluding hydrogens is 335 g/mol. The van der Waals surface area contributed by atoms with Crippen LogP contribution in [0.25, 0.3) is 0 Å². The number of rotatable bonds is 6. The summed E-state index contributed by atoms with van der Waals surface area (Å²) in [6.45, 7) is 0.580. The largest absolute Gasteiger partial charge is 0.326 e. The van der Waals surface area contributed by atoms with Crippen molar-refractivity contribution in [2.24, 2.45) is 0 Å². The number of benzene rings is 2. The smallest absolute Gasteiger partial charge is 0.279 e. The van der Waals surface area contributed by atoms with Gasteiger partial charge in [-0.25, -0.2) is 4.39 Å². The van der Waals surface area contributed by atoms with Crippen molar-refractivity contribution in [1.29, 1.82) is 0 Å². The minimum Gasteiger partial charge on any atom is -0.326 e. The van der Waals surface area contributed by atoms with E-state index in [0.717, 1.165) is 15.5 Å². The number of carbonyl (C=O) groups excluding carboxylic acids is 1. The van der Waals surface area contributed by atoms with Gasteiger partial charge in [0.1, 0.15) is 12.4 Å². The van der Waals surface area contributed by atoms with Crippen molar-refractivity contribution in [3.05, 3.63) is 58.9 Å². The molecule has 1 amide bonds. The predicted octanol–water partition coefficient (Wildman–Crippen LogP) is 2.85. The lowest BCUT2D eigenvalue weighted by molar-refractivity contribution is -0.885. The van der Waals surface area contributed by atoms with Crippen LogP contribution in [0.4, 0.5) is 10.1 Å². The lowest BCUT2D eigenvalue weighted by Crippen LogP contribution is -3.08. The molecule has 0 saturated carbocycles. The fourth-order valence-electron chi connectivity index (χ4n) is 2.28. The van der Waals surface area contributed by atoms with E-state index in [1.165, 1.54) is 6.07 Å². The number of carbonyl (C=O) groups is 1. The highest BCUT2D eigenvalue weighted by atomic mass is 35.5. The maximum Gasteiger partial charge on any atom is 0.279 e. The molecule has 1 unspecified atom stereocenters. The van der Waals surface area contributed by atoms with E-state index in [0.29, 0.717) is 17.1 Å². The Morgan fingerprint density at radius 3 is 2.70 bits per heavy atom. The monoisotopic (exact) mass is 353 g/mol. The Morgan fingerprint density at radius 1 is 1.26 bits per heavy atom. The SMILES string of the molecule is CSc1ccccc1NC(=O)C[NH+](C)Cc1c(F)cccc1Cl. The van der Waals surface area contributed by atoms with Gasteiger partial charge in [0, 0.05) is 4.90 Å². The van der Waals surface area contributed by atoms with Gasteiger partial charge in [-0.1, -0.05) is 29.8 Å². The van der Waals surface area contributed by atoms with Crippen molar-refractivity contribution in [2.45, 2.75) is 11.4 Å². The van der Waals surface area contributed by atoms with Gasteiger partial charge in [-0.2, -0.15) is 0 Å². The normalized spacial score (nSPS) is 12.0. The van der Waals surface area contributed by atoms with E-state index < -0.39 is 0 Å². The van der Waals surface area contributed by atoms with Crippen LogP contribution in [0.5, 0.6) is 0 Å². The van der Waals surface area contributed by atoms with Gasteiger partial charge in [0.2, 0.25) is 0 Å². The number of anilines is 1. The Kier molecular flexibility index (Phi) is 6.45. The highest BCUT2D eigenvalue weighted by molar-refractivity contribution is 7.98. The molecule has 2 N–H and O–H groups in total. The number of quaternary nitrogens is 1. The van der Waals surface area contributed by atoms with Crippen molar-refractivity contribution in [3.63, 3.8) is 0 Å². The van der Waals surface area contributed by atoms with Crippen LogP contribution in [0.1, 0.15) is 5.56 Å². The standard InChI is InChI=1S/C17H18ClFN2OS/c1-21(10-12-13(18)6-5-7-14(12)19)11-17(22)20-15-8-3-4-9-16(15)23-2/h3-9H,10-11H2,1-2H3,(H,20,22)/p+1. The second-order valence-electron chi connectivity index (χ2n) is 5.26. The highest BCUT2D eigenvalue weighted by Gasteiger charge is 2.16. The van der Waals surface area contributed by atoms with Crippen molar-refractivity contribution < 1.29 is 14.1 Å². The summed E-state index contributed by atoms with van der Waals surface area (Å²) < 4.78 is 13.8. The average molecular weight is 354 g/mol. The van der Waals surface area contributed by atoms with Crippen LogP contribution in [0.15, 0.2) is 47.4 Å². The van der Waals surface area contributed by atoms with Crippen LogP contribution in [-0.4, -0.2) is 25.8 Å². The van der Waals surface area contributed by atoms with Gasteiger partial charge in [-0.3, -0.25) is 4.79 Å². The van der Waals surface area contributed by atoms with Gasteiger partial charge >= 0.3 is 0 Å². The number of likely N-dealkylation sites (N-methyl/N-ethyl adjacent to an activating group) is 1. The molecule has 0 saturated heterocycles. The summed E-state index contributed by atoms with van der Waals surface area (Å²) in [5.41, 5.74) is 1.23. The molecule has 2 rings (SSSR count). The Balaban J connectivity index is 1.97. The molecule has 0 radical (unpaired) electrons. The Labute approximate surface area is 144 Å². The lowest BCUT2D eigenvalue weighted by atomic mass is 10.2. The number of hydrogen-bond donors (Lipinski definition) is 2. The minimum atomic E-state index is -0.343. The van der Waals surface area contributed by atoms with Crippen molar-refractivity contribution in [3.8, 4) is 0 Å². The van der Waals surface area contributed by atoms with Gasteiger partial charge in [-0.05, 0) is 30.5 Å². The molecule has 0 aromatic heterocycles. The molecule has 1 atom stereocenters. The Hall–Kier alpha value is -1.56. The minimum absolute atomic E-state index is 0.114. The summed E-state index contributed by atoms with van der Waals surface area (Å²) in [6, 6.07) is 12.2. The predicted molar refractivity (Wildman–Crippen MR) is 93.7 cm³/mol. The van der Waals surface area contributed by atoms with Crippen LogP contribution in [0, 0.1) is 5.82 Å². The number of hydrogen-bond acceptors (Lipinski definition) is 2. The third-order valence-corrected chi connectivity index (χ3v) is 4.53. The number of thioether (sulfide) groups is 1. The first-order chi connectivity index (χ1) is 11.0. The van der Waals surface area contributed by atoms with Crippen LogP contribution >= 0.6 is 23.4 Å². The van der Waals surface area contributed by atoms with E-state index in [1.54, 1.807) is 23.9 Å². The maximum atomic E-state index is 13.8. The molecule has 0 aliphatic heterocycles. The summed E-state index contributed by atoms with van der Waals surface area (Å²) in [5.74, 6) is -0.457. The van der Waals surface area contributed by atoms with Gasteiger partial charge in [0.05, 0.1) is 23.3 Å². The Bertz CT molecular complexity index is 676. The van der Waals surface area contributed by atoms with Gasteiger partial charge < -0.3 is 10.2 Å². The van der Waals surface area contributed by atoms with E-state index in [2.05, 4.69) is 5.32 Å². The van der Waals surface area contributed by atoms with Gasteiger partial charge in [0.15, 0.2) is 6.54 Å². The molecule has 23 heavy (non-hydrogen) atoms. The number of para-hydroxylation sites is 1. The molecular formula is C17H19ClFN2OS+. The van der Waals surface area contributed by atoms with E-state index in [4.69, 9.17) is 11.6 Å². The van der Waals surface area contributed by atoms with E-state index in [1.807, 2.05) is 37.6 Å². The third kappa shape index (κ3) is 4.96. The summed E-state index contributed by atoms with van der Waals surface area (Å²) in [7, 11) is 1.84. The maximum absolute atomic E-state index is 13.8. The summed E-state index contributed by atoms with van der Waals surface area (Å²) in [4.78, 5) is 14.1.